The summed E-state index contributed by atoms with van der Waals surface area (Å²) in [6, 6.07) is 0. The number of imidazole rings is 1. The monoisotopic (exact) mass is 274 g/mol. The lowest BCUT2D eigenvalue weighted by Crippen LogP contribution is -2.46. The van der Waals surface area contributed by atoms with Crippen LogP contribution >= 0.6 is 0 Å². The zero-order valence-electron chi connectivity index (χ0n) is 11.4. The van der Waals surface area contributed by atoms with Crippen molar-refractivity contribution < 1.29 is 8.42 Å². The molecule has 0 aliphatic heterocycles. The zero-order chi connectivity index (χ0) is 13.8. The number of nitrogens with one attached hydrogen (secondary N) is 2. The summed E-state index contributed by atoms with van der Waals surface area (Å²) in [5.74, 6) is 0. The van der Waals surface area contributed by atoms with E-state index in [4.69, 9.17) is 0 Å². The van der Waals surface area contributed by atoms with Crippen LogP contribution in [0.1, 0.15) is 26.5 Å². The van der Waals surface area contributed by atoms with Gasteiger partial charge in [0.05, 0.1) is 18.3 Å². The molecule has 1 aromatic rings. The van der Waals surface area contributed by atoms with Crippen LogP contribution in [-0.2, 0) is 23.1 Å². The minimum absolute atomic E-state index is 0.542. The van der Waals surface area contributed by atoms with Gasteiger partial charge in [-0.05, 0) is 20.4 Å². The van der Waals surface area contributed by atoms with Gasteiger partial charge >= 0.3 is 0 Å². The van der Waals surface area contributed by atoms with E-state index in [2.05, 4.69) is 15.0 Å². The molecular formula is C11H22N4O2S. The van der Waals surface area contributed by atoms with E-state index < -0.39 is 15.6 Å². The smallest absolute Gasteiger partial charge is 0.209 e. The standard InChI is InChI=1S/C11H22N4O2S/c1-5-12-6-10-7-13-9-15(10)8-11(2,3)14-18(4,16)17/h7,9,12,14H,5-6,8H2,1-4H3. The van der Waals surface area contributed by atoms with Crippen LogP contribution in [0, 0.1) is 0 Å². The van der Waals surface area contributed by atoms with Gasteiger partial charge in [0.15, 0.2) is 0 Å². The van der Waals surface area contributed by atoms with E-state index in [0.717, 1.165) is 18.8 Å². The topological polar surface area (TPSA) is 76.0 Å². The Bertz CT molecular complexity index is 479. The van der Waals surface area contributed by atoms with Crippen LogP contribution in [0.5, 0.6) is 0 Å². The lowest BCUT2D eigenvalue weighted by Gasteiger charge is -2.26. The van der Waals surface area contributed by atoms with Gasteiger partial charge in [0, 0.05) is 24.8 Å². The van der Waals surface area contributed by atoms with Crippen LogP contribution in [0.25, 0.3) is 0 Å². The molecule has 0 unspecified atom stereocenters. The Morgan fingerprint density at radius 1 is 1.44 bits per heavy atom. The molecule has 0 aliphatic carbocycles. The van der Waals surface area contributed by atoms with Gasteiger partial charge in [-0.2, -0.15) is 0 Å². The molecule has 0 saturated carbocycles. The average molecular weight is 274 g/mol. The van der Waals surface area contributed by atoms with Crippen molar-refractivity contribution in [2.24, 2.45) is 0 Å². The van der Waals surface area contributed by atoms with E-state index in [1.54, 1.807) is 12.5 Å². The second kappa shape index (κ2) is 5.81. The normalized spacial score (nSPS) is 12.9. The van der Waals surface area contributed by atoms with E-state index in [9.17, 15) is 8.42 Å². The molecule has 6 nitrogen and oxygen atoms in total. The zero-order valence-corrected chi connectivity index (χ0v) is 12.2. The maximum Gasteiger partial charge on any atom is 0.209 e. The predicted molar refractivity (Wildman–Crippen MR) is 71.7 cm³/mol. The van der Waals surface area contributed by atoms with Crippen LogP contribution in [0.4, 0.5) is 0 Å². The van der Waals surface area contributed by atoms with Gasteiger partial charge in [-0.3, -0.25) is 0 Å². The third-order valence-electron chi connectivity index (χ3n) is 2.38. The van der Waals surface area contributed by atoms with Crippen LogP contribution in [0.3, 0.4) is 0 Å². The third-order valence-corrected chi connectivity index (χ3v) is 3.31. The van der Waals surface area contributed by atoms with Crippen LogP contribution < -0.4 is 10.0 Å². The molecule has 1 rings (SSSR count). The van der Waals surface area contributed by atoms with Crippen molar-refractivity contribution in [3.8, 4) is 0 Å². The van der Waals surface area contributed by atoms with Crippen LogP contribution in [-0.4, -0.2) is 36.3 Å². The van der Waals surface area contributed by atoms with Gasteiger partial charge in [0.25, 0.3) is 0 Å². The number of aromatic nitrogens is 2. The maximum absolute atomic E-state index is 11.3. The van der Waals surface area contributed by atoms with Gasteiger partial charge in [0.2, 0.25) is 10.0 Å². The molecule has 2 N–H and O–H groups in total. The van der Waals surface area contributed by atoms with Crippen LogP contribution in [0.2, 0.25) is 0 Å². The Labute approximate surface area is 109 Å². The second-order valence-electron chi connectivity index (χ2n) is 5.05. The lowest BCUT2D eigenvalue weighted by atomic mass is 10.1. The quantitative estimate of drug-likeness (QED) is 0.751. The first-order valence-electron chi connectivity index (χ1n) is 5.92. The summed E-state index contributed by atoms with van der Waals surface area (Å²) < 4.78 is 27.1. The fourth-order valence-electron chi connectivity index (χ4n) is 1.85. The molecule has 1 heterocycles. The highest BCUT2D eigenvalue weighted by Crippen LogP contribution is 2.10. The molecule has 0 radical (unpaired) electrons. The number of sulfonamides is 1. The molecule has 7 heteroatoms. The Morgan fingerprint density at radius 3 is 2.67 bits per heavy atom. The van der Waals surface area contributed by atoms with Crippen LogP contribution in [0.15, 0.2) is 12.5 Å². The summed E-state index contributed by atoms with van der Waals surface area (Å²) in [6.07, 6.45) is 4.68. The second-order valence-corrected chi connectivity index (χ2v) is 6.80. The maximum atomic E-state index is 11.3. The molecular weight excluding hydrogens is 252 g/mol. The molecule has 0 fully saturated rings. The summed E-state index contributed by atoms with van der Waals surface area (Å²) in [5, 5.41) is 3.23. The first-order valence-corrected chi connectivity index (χ1v) is 7.81. The van der Waals surface area contributed by atoms with Crippen molar-refractivity contribution >= 4 is 10.0 Å². The summed E-state index contributed by atoms with van der Waals surface area (Å²) in [7, 11) is -3.21. The molecule has 0 saturated heterocycles. The number of hydrogen-bond donors (Lipinski definition) is 2. The lowest BCUT2D eigenvalue weighted by molar-refractivity contribution is 0.384. The highest BCUT2D eigenvalue weighted by Gasteiger charge is 2.23. The minimum atomic E-state index is -3.21. The largest absolute Gasteiger partial charge is 0.332 e. The van der Waals surface area contributed by atoms with E-state index in [0.29, 0.717) is 6.54 Å². The highest BCUT2D eigenvalue weighted by atomic mass is 32.2. The Kier molecular flexibility index (Phi) is 4.89. The van der Waals surface area contributed by atoms with Crippen molar-refractivity contribution in [1.82, 2.24) is 19.6 Å². The van der Waals surface area contributed by atoms with Crippen molar-refractivity contribution in [3.63, 3.8) is 0 Å². The van der Waals surface area contributed by atoms with Gasteiger partial charge in [-0.15, -0.1) is 0 Å². The van der Waals surface area contributed by atoms with E-state index in [1.165, 1.54) is 6.26 Å². The minimum Gasteiger partial charge on any atom is -0.332 e. The average Bonchev–Trinajstić information content (AvgIpc) is 2.57. The molecule has 18 heavy (non-hydrogen) atoms. The highest BCUT2D eigenvalue weighted by molar-refractivity contribution is 7.88. The summed E-state index contributed by atoms with van der Waals surface area (Å²) in [6.45, 7) is 7.90. The fourth-order valence-corrected chi connectivity index (χ4v) is 2.92. The predicted octanol–water partition coefficient (Wildman–Crippen LogP) is 0.320. The third kappa shape index (κ3) is 5.16. The van der Waals surface area contributed by atoms with E-state index >= 15 is 0 Å². The Balaban J connectivity index is 2.74. The van der Waals surface area contributed by atoms with Crippen molar-refractivity contribution in [1.29, 1.82) is 0 Å². The Hall–Kier alpha value is -0.920. The molecule has 1 aromatic heterocycles. The number of nitrogens with zero attached hydrogens (tertiary/aromatic N) is 2. The molecule has 0 spiro atoms. The number of hydrogen-bond acceptors (Lipinski definition) is 4. The van der Waals surface area contributed by atoms with Gasteiger partial charge in [0.1, 0.15) is 0 Å². The van der Waals surface area contributed by atoms with Crippen molar-refractivity contribution in [3.05, 3.63) is 18.2 Å². The molecule has 0 atom stereocenters. The van der Waals surface area contributed by atoms with Gasteiger partial charge < -0.3 is 9.88 Å². The SMILES string of the molecule is CCNCc1cncn1CC(C)(C)NS(C)(=O)=O. The summed E-state index contributed by atoms with van der Waals surface area (Å²) in [4.78, 5) is 4.10. The first-order chi connectivity index (χ1) is 8.23. The van der Waals surface area contributed by atoms with Crippen molar-refractivity contribution in [2.75, 3.05) is 12.8 Å². The first kappa shape index (κ1) is 15.1. The summed E-state index contributed by atoms with van der Waals surface area (Å²) >= 11 is 0. The van der Waals surface area contributed by atoms with E-state index in [1.807, 2.05) is 25.3 Å². The van der Waals surface area contributed by atoms with Gasteiger partial charge in [-0.1, -0.05) is 6.92 Å². The van der Waals surface area contributed by atoms with Gasteiger partial charge in [-0.25, -0.2) is 18.1 Å². The molecule has 0 amide bonds. The molecule has 0 aromatic carbocycles. The number of rotatable bonds is 7. The molecule has 0 bridgehead atoms. The van der Waals surface area contributed by atoms with E-state index in [-0.39, 0.29) is 0 Å². The Morgan fingerprint density at radius 2 is 2.11 bits per heavy atom. The molecule has 0 aliphatic rings. The summed E-state index contributed by atoms with van der Waals surface area (Å²) in [5.41, 5.74) is 0.495. The van der Waals surface area contributed by atoms with Crippen molar-refractivity contribution in [2.45, 2.75) is 39.4 Å². The molecule has 104 valence electrons. The fraction of sp³-hybridized carbons (Fsp3) is 0.727.